The van der Waals surface area contributed by atoms with E-state index in [4.69, 9.17) is 0 Å². The van der Waals surface area contributed by atoms with Gasteiger partial charge in [-0.1, -0.05) is 35.0 Å². The number of carbonyl (C=O) groups excluding carboxylic acids is 1. The molecule has 1 saturated heterocycles. The third-order valence-corrected chi connectivity index (χ3v) is 4.19. The van der Waals surface area contributed by atoms with Crippen LogP contribution in [0.1, 0.15) is 24.5 Å². The van der Waals surface area contributed by atoms with Gasteiger partial charge in [0.1, 0.15) is 0 Å². The van der Waals surface area contributed by atoms with Crippen LogP contribution < -0.4 is 0 Å². The highest BCUT2D eigenvalue weighted by atomic mass is 79.9. The van der Waals surface area contributed by atoms with Gasteiger partial charge < -0.3 is 10.0 Å². The summed E-state index contributed by atoms with van der Waals surface area (Å²) < 4.78 is 0.977. The number of likely N-dealkylation sites (tertiary alicyclic amines) is 1. The fraction of sp³-hybridized carbons (Fsp3) is 0.400. The topological polar surface area (TPSA) is 40.5 Å². The summed E-state index contributed by atoms with van der Waals surface area (Å²) >= 11 is 3.48. The molecule has 1 aliphatic heterocycles. The van der Waals surface area contributed by atoms with E-state index in [-0.39, 0.29) is 5.91 Å². The van der Waals surface area contributed by atoms with Crippen molar-refractivity contribution >= 4 is 27.9 Å². The summed E-state index contributed by atoms with van der Waals surface area (Å²) in [4.78, 5) is 13.5. The second-order valence-corrected chi connectivity index (χ2v) is 5.98. The van der Waals surface area contributed by atoms with E-state index >= 15 is 0 Å². The van der Waals surface area contributed by atoms with E-state index in [2.05, 4.69) is 15.9 Å². The summed E-state index contributed by atoms with van der Waals surface area (Å²) in [5.74, 6) is -0.0504. The molecule has 0 aliphatic carbocycles. The number of benzene rings is 1. The summed E-state index contributed by atoms with van der Waals surface area (Å²) in [5.41, 5.74) is 1.48. The lowest BCUT2D eigenvalue weighted by molar-refractivity contribution is -0.150. The van der Waals surface area contributed by atoms with Gasteiger partial charge in [-0.3, -0.25) is 4.79 Å². The maximum absolute atomic E-state index is 11.9. The van der Waals surface area contributed by atoms with Gasteiger partial charge in [0.05, 0.1) is 18.7 Å². The highest BCUT2D eigenvalue weighted by Crippen LogP contribution is 2.25. The Morgan fingerprint density at radius 3 is 2.79 bits per heavy atom. The first-order valence-electron chi connectivity index (χ1n) is 6.39. The van der Waals surface area contributed by atoms with E-state index in [9.17, 15) is 9.90 Å². The van der Waals surface area contributed by atoms with Crippen molar-refractivity contribution in [2.75, 3.05) is 13.1 Å². The maximum Gasteiger partial charge on any atom is 0.246 e. The van der Waals surface area contributed by atoms with Gasteiger partial charge in [-0.25, -0.2) is 0 Å². The Morgan fingerprint density at radius 1 is 1.53 bits per heavy atom. The Morgan fingerprint density at radius 2 is 2.21 bits per heavy atom. The van der Waals surface area contributed by atoms with Crippen molar-refractivity contribution in [1.29, 1.82) is 0 Å². The first-order valence-corrected chi connectivity index (χ1v) is 7.18. The van der Waals surface area contributed by atoms with Crippen molar-refractivity contribution in [1.82, 2.24) is 4.90 Å². The quantitative estimate of drug-likeness (QED) is 0.869. The Hall–Kier alpha value is -1.13. The lowest BCUT2D eigenvalue weighted by atomic mass is 9.91. The summed E-state index contributed by atoms with van der Waals surface area (Å²) in [6, 6.07) is 6.00. The summed E-state index contributed by atoms with van der Waals surface area (Å²) in [6.45, 7) is 4.82. The monoisotopic (exact) mass is 323 g/mol. The number of carbonyl (C=O) groups is 1. The lowest BCUT2D eigenvalue weighted by Crippen LogP contribution is -2.62. The van der Waals surface area contributed by atoms with Crippen LogP contribution in [0.25, 0.3) is 6.08 Å². The number of nitrogens with zero attached hydrogens (tertiary/aromatic N) is 1. The Bertz CT molecular complexity index is 519. The first-order chi connectivity index (χ1) is 8.93. The largest absolute Gasteiger partial charge is 0.386 e. The highest BCUT2D eigenvalue weighted by Gasteiger charge is 2.41. The van der Waals surface area contributed by atoms with Crippen LogP contribution in [-0.2, 0) is 4.79 Å². The molecule has 3 nitrogen and oxygen atoms in total. The van der Waals surface area contributed by atoms with Crippen molar-refractivity contribution in [3.05, 3.63) is 39.9 Å². The van der Waals surface area contributed by atoms with Crippen LogP contribution in [0.5, 0.6) is 0 Å². The molecule has 0 aromatic heterocycles. The summed E-state index contributed by atoms with van der Waals surface area (Å²) in [6.07, 6.45) is 4.05. The molecule has 0 radical (unpaired) electrons. The smallest absolute Gasteiger partial charge is 0.246 e. The number of hydrogen-bond donors (Lipinski definition) is 1. The maximum atomic E-state index is 11.9. The molecular weight excluding hydrogens is 306 g/mol. The van der Waals surface area contributed by atoms with Gasteiger partial charge in [0.2, 0.25) is 5.91 Å². The average Bonchev–Trinajstić information content (AvgIpc) is 2.33. The molecule has 1 fully saturated rings. The van der Waals surface area contributed by atoms with Gasteiger partial charge in [-0.05, 0) is 36.6 Å². The molecule has 0 unspecified atom stereocenters. The van der Waals surface area contributed by atoms with Crippen LogP contribution >= 0.6 is 15.9 Å². The fourth-order valence-corrected chi connectivity index (χ4v) is 2.70. The normalized spacial score (nSPS) is 17.6. The lowest BCUT2D eigenvalue weighted by Gasteiger charge is -2.45. The van der Waals surface area contributed by atoms with Gasteiger partial charge in [-0.15, -0.1) is 0 Å². The molecule has 1 amide bonds. The molecule has 1 N–H and O–H groups in total. The molecule has 1 heterocycles. The van der Waals surface area contributed by atoms with E-state index in [1.165, 1.54) is 5.56 Å². The van der Waals surface area contributed by atoms with Gasteiger partial charge in [0.25, 0.3) is 0 Å². The zero-order valence-electron chi connectivity index (χ0n) is 11.2. The van der Waals surface area contributed by atoms with E-state index in [0.717, 1.165) is 10.0 Å². The minimum atomic E-state index is -0.673. The van der Waals surface area contributed by atoms with Crippen LogP contribution in [0.2, 0.25) is 0 Å². The van der Waals surface area contributed by atoms with Crippen molar-refractivity contribution in [2.24, 2.45) is 0 Å². The standard InChI is InChI=1S/C15H18BrNO2/c1-3-15(19)9-17(10-15)14(18)7-6-12-5-4-11(2)8-13(12)16/h4-8,19H,3,9-10H2,1-2H3. The molecule has 1 aromatic rings. The molecule has 102 valence electrons. The zero-order valence-corrected chi connectivity index (χ0v) is 12.8. The Kier molecular flexibility index (Phi) is 4.11. The second-order valence-electron chi connectivity index (χ2n) is 5.13. The number of hydrogen-bond acceptors (Lipinski definition) is 2. The van der Waals surface area contributed by atoms with Crippen molar-refractivity contribution in [3.63, 3.8) is 0 Å². The molecule has 0 bridgehead atoms. The van der Waals surface area contributed by atoms with E-state index in [0.29, 0.717) is 19.5 Å². The highest BCUT2D eigenvalue weighted by molar-refractivity contribution is 9.10. The minimum Gasteiger partial charge on any atom is -0.386 e. The van der Waals surface area contributed by atoms with Crippen molar-refractivity contribution in [3.8, 4) is 0 Å². The molecule has 0 atom stereocenters. The van der Waals surface area contributed by atoms with Crippen LogP contribution in [0.3, 0.4) is 0 Å². The molecule has 1 aliphatic rings. The van der Waals surface area contributed by atoms with E-state index in [1.807, 2.05) is 32.0 Å². The molecule has 19 heavy (non-hydrogen) atoms. The third-order valence-electron chi connectivity index (χ3n) is 3.50. The predicted octanol–water partition coefficient (Wildman–Crippen LogP) is 2.75. The molecule has 1 aromatic carbocycles. The zero-order chi connectivity index (χ0) is 14.0. The molecule has 4 heteroatoms. The van der Waals surface area contributed by atoms with E-state index < -0.39 is 5.60 Å². The number of β-amino-alcohol motifs (C(OH)–C–C–N with tert-alkyl or cyclic N) is 1. The summed E-state index contributed by atoms with van der Waals surface area (Å²) in [7, 11) is 0. The van der Waals surface area contributed by atoms with Gasteiger partial charge in [0, 0.05) is 10.5 Å². The molecule has 0 saturated carbocycles. The molecular formula is C15H18BrNO2. The van der Waals surface area contributed by atoms with Crippen LogP contribution in [0.15, 0.2) is 28.7 Å². The van der Waals surface area contributed by atoms with Crippen LogP contribution in [-0.4, -0.2) is 34.6 Å². The minimum absolute atomic E-state index is 0.0504. The van der Waals surface area contributed by atoms with Crippen molar-refractivity contribution < 1.29 is 9.90 Å². The molecule has 0 spiro atoms. The number of rotatable bonds is 3. The molecule has 2 rings (SSSR count). The average molecular weight is 324 g/mol. The summed E-state index contributed by atoms with van der Waals surface area (Å²) in [5, 5.41) is 9.87. The fourth-order valence-electron chi connectivity index (χ4n) is 2.08. The number of amides is 1. The number of aryl methyl sites for hydroxylation is 1. The van der Waals surface area contributed by atoms with Crippen molar-refractivity contribution in [2.45, 2.75) is 25.9 Å². The van der Waals surface area contributed by atoms with Gasteiger partial charge >= 0.3 is 0 Å². The predicted molar refractivity (Wildman–Crippen MR) is 79.7 cm³/mol. The van der Waals surface area contributed by atoms with Gasteiger partial charge in [0.15, 0.2) is 0 Å². The number of halogens is 1. The van der Waals surface area contributed by atoms with Crippen LogP contribution in [0.4, 0.5) is 0 Å². The van der Waals surface area contributed by atoms with Crippen LogP contribution in [0, 0.1) is 6.92 Å². The Labute approximate surface area is 122 Å². The second kappa shape index (κ2) is 5.47. The number of aliphatic hydroxyl groups is 1. The third kappa shape index (κ3) is 3.25. The Balaban J connectivity index is 1.98. The first kappa shape index (κ1) is 14.3. The van der Waals surface area contributed by atoms with Gasteiger partial charge in [-0.2, -0.15) is 0 Å². The SMILES string of the molecule is CCC1(O)CN(C(=O)C=Cc2ccc(C)cc2Br)C1. The van der Waals surface area contributed by atoms with E-state index in [1.54, 1.807) is 17.1 Å².